The lowest BCUT2D eigenvalue weighted by molar-refractivity contribution is -0.0641. The Kier molecular flexibility index (Phi) is 22.5. The molecule has 8 atom stereocenters. The smallest absolute Gasteiger partial charge is 0.446 e. The number of unbranched alkanes of at least 4 members (excludes halogenated alkanes) is 2. The van der Waals surface area contributed by atoms with E-state index in [0.29, 0.717) is 42.8 Å². The highest BCUT2D eigenvalue weighted by Crippen LogP contribution is 2.67. The van der Waals surface area contributed by atoms with E-state index in [1.807, 2.05) is 0 Å². The van der Waals surface area contributed by atoms with Crippen LogP contribution in [0.2, 0.25) is 0 Å². The normalized spacial score (nSPS) is 22.1. The Morgan fingerprint density at radius 3 is 1.69 bits per heavy atom. The Morgan fingerprint density at radius 2 is 1.08 bits per heavy atom. The molecule has 6 aromatic rings. The van der Waals surface area contributed by atoms with Gasteiger partial charge in [-0.15, -0.1) is 0 Å². The van der Waals surface area contributed by atoms with Crippen molar-refractivity contribution >= 4 is 73.9 Å². The first-order valence-electron chi connectivity index (χ1n) is 32.8. The van der Waals surface area contributed by atoms with Crippen LogP contribution in [0.25, 0.3) is 44.6 Å². The molecule has 0 amide bonds. The molecule has 548 valence electrons. The molecule has 1 unspecified atom stereocenters. The fraction of sp³-hybridized carbons (Fsp3) is 0.522. The number of rotatable bonds is 31. The fourth-order valence-electron chi connectivity index (χ4n) is 15.7. The van der Waals surface area contributed by atoms with Crippen molar-refractivity contribution in [2.45, 2.75) is 151 Å². The van der Waals surface area contributed by atoms with Gasteiger partial charge in [-0.05, 0) is 178 Å². The van der Waals surface area contributed by atoms with Gasteiger partial charge < -0.3 is 48.7 Å². The van der Waals surface area contributed by atoms with Gasteiger partial charge in [-0.3, -0.25) is 32.4 Å². The summed E-state index contributed by atoms with van der Waals surface area (Å²) in [4.78, 5) is 28.7. The first-order valence-corrected chi connectivity index (χ1v) is 39.6. The van der Waals surface area contributed by atoms with Crippen molar-refractivity contribution < 1.29 is 114 Å². The Balaban J connectivity index is 0.811. The number of benzene rings is 4. The van der Waals surface area contributed by atoms with Gasteiger partial charge in [0.25, 0.3) is 0 Å². The van der Waals surface area contributed by atoms with Crippen LogP contribution in [-0.4, -0.2) is 97.4 Å². The van der Waals surface area contributed by atoms with Crippen LogP contribution in [0.4, 0.5) is 0 Å². The van der Waals surface area contributed by atoms with E-state index in [0.717, 1.165) is 97.7 Å². The monoisotopic (exact) mass is 1490 g/mol. The van der Waals surface area contributed by atoms with E-state index >= 15 is 0 Å². The average molecular weight is 1500 g/mol. The van der Waals surface area contributed by atoms with Gasteiger partial charge in [0.2, 0.25) is 22.4 Å². The van der Waals surface area contributed by atoms with E-state index in [2.05, 4.69) is 53.2 Å². The second kappa shape index (κ2) is 29.7. The van der Waals surface area contributed by atoms with Crippen LogP contribution in [-0.2, 0) is 56.7 Å². The van der Waals surface area contributed by atoms with Crippen molar-refractivity contribution in [1.29, 1.82) is 0 Å². The minimum Gasteiger partial charge on any atom is -0.493 e. The van der Waals surface area contributed by atoms with Gasteiger partial charge >= 0.3 is 52.0 Å². The molecule has 3 fully saturated rings. The zero-order valence-corrected chi connectivity index (χ0v) is 60.1. The van der Waals surface area contributed by atoms with E-state index in [1.54, 1.807) is 12.5 Å². The van der Waals surface area contributed by atoms with Crippen LogP contribution in [0.3, 0.4) is 0 Å². The van der Waals surface area contributed by atoms with Gasteiger partial charge in [0.1, 0.15) is 39.2 Å². The molecule has 4 aliphatic carbocycles. The Hall–Kier alpha value is -7.05. The van der Waals surface area contributed by atoms with E-state index in [-0.39, 0.29) is 58.3 Å². The van der Waals surface area contributed by atoms with Gasteiger partial charge in [0.05, 0.1) is 25.9 Å². The molecule has 4 aliphatic rings. The summed E-state index contributed by atoms with van der Waals surface area (Å²) in [5.41, 5.74) is -1.43. The molecular formula is C67H82O28S5. The molecule has 10 rings (SSSR count). The summed E-state index contributed by atoms with van der Waals surface area (Å²) in [7, 11) is -26.7. The lowest BCUT2D eigenvalue weighted by Crippen LogP contribution is -2.51. The molecule has 100 heavy (non-hydrogen) atoms. The molecule has 4 aromatic carbocycles. The van der Waals surface area contributed by atoms with Crippen LogP contribution < -0.4 is 46.0 Å². The summed E-state index contributed by atoms with van der Waals surface area (Å²) in [6.45, 7) is 14.8. The zero-order valence-electron chi connectivity index (χ0n) is 56.0. The van der Waals surface area contributed by atoms with E-state index in [4.69, 9.17) is 36.1 Å². The highest BCUT2D eigenvalue weighted by atomic mass is 32.3. The highest BCUT2D eigenvalue weighted by molar-refractivity contribution is 7.82. The summed E-state index contributed by atoms with van der Waals surface area (Å²) in [5, 5.41) is -1.12. The van der Waals surface area contributed by atoms with Gasteiger partial charge in [-0.2, -0.15) is 42.1 Å². The summed E-state index contributed by atoms with van der Waals surface area (Å²) in [5.74, 6) is -2.30. The first kappa shape index (κ1) is 75.6. The minimum absolute atomic E-state index is 0.0203. The predicted octanol–water partition coefficient (Wildman–Crippen LogP) is 12.6. The third-order valence-corrected chi connectivity index (χ3v) is 22.0. The standard InChI is InChI=1S/C67H82O28S5/c1-38(2)13-11-14-40(4)48-20-21-49-47-19-18-44-35-45(23-25-66(44,6)50(47)24-26-67(48,49)7)85-27-9-8-10-28-86-53-34-43(17-22-51(53)92-97(73,74)75)63-64(94-99(79,80)81)60(68)58-54(31-39(3)32-56(58)89-63)87-29-12-30-88-55-36-46(91-96(70,71)72)37-57-59(55)61(69)65(95-100(82,83)84)62(90-57)42-16-15-41(5)52(33-42)93-98(76,77)78/h15-18,22,31-34,36-38,40,45,47-50H,8-14,19-21,23-30,35H2,1-7H3,(H,70,71,72)(H,73,74,75)(H,76,77,78)(H,79,80,81)(H,82,83,84)/t40-,45?,47+,48-,49+,50+,66+,67-/m1/s1. The number of fused-ring (bicyclic) bond motifs is 7. The van der Waals surface area contributed by atoms with Crippen molar-refractivity contribution in [3.05, 3.63) is 104 Å². The maximum Gasteiger partial charge on any atom is 0.446 e. The molecule has 0 aliphatic heterocycles. The van der Waals surface area contributed by atoms with Crippen LogP contribution in [0.5, 0.6) is 46.0 Å². The highest BCUT2D eigenvalue weighted by Gasteiger charge is 2.59. The van der Waals surface area contributed by atoms with E-state index in [9.17, 15) is 74.4 Å². The third kappa shape index (κ3) is 18.0. The molecule has 5 N–H and O–H groups in total. The molecule has 33 heteroatoms. The van der Waals surface area contributed by atoms with Crippen LogP contribution in [0.1, 0.15) is 142 Å². The maximum absolute atomic E-state index is 14.5. The Bertz CT molecular complexity index is 4830. The largest absolute Gasteiger partial charge is 0.493 e. The molecule has 2 heterocycles. The van der Waals surface area contributed by atoms with Gasteiger partial charge in [-0.1, -0.05) is 77.7 Å². The topological polar surface area (TPSA) is 415 Å². The number of aryl methyl sites for hydroxylation is 2. The predicted molar refractivity (Wildman–Crippen MR) is 364 cm³/mol. The lowest BCUT2D eigenvalue weighted by Gasteiger charge is -2.58. The first-order chi connectivity index (χ1) is 46.8. The van der Waals surface area contributed by atoms with Gasteiger partial charge in [0, 0.05) is 36.3 Å². The van der Waals surface area contributed by atoms with Gasteiger partial charge in [0.15, 0.2) is 28.8 Å². The second-order valence-corrected chi connectivity index (χ2v) is 32.4. The van der Waals surface area contributed by atoms with Crippen LogP contribution >= 0.6 is 0 Å². The molecule has 0 bridgehead atoms. The molecule has 0 spiro atoms. The zero-order chi connectivity index (χ0) is 72.7. The quantitative estimate of drug-likeness (QED) is 0.0153. The summed E-state index contributed by atoms with van der Waals surface area (Å²) in [6.07, 6.45) is 17.6. The van der Waals surface area contributed by atoms with Gasteiger partial charge in [-0.25, -0.2) is 0 Å². The number of allylic oxidation sites excluding steroid dienone is 1. The molecule has 28 nitrogen and oxygen atoms in total. The minimum atomic E-state index is -5.56. The number of ether oxygens (including phenoxy) is 4. The summed E-state index contributed by atoms with van der Waals surface area (Å²) < 4.78 is 228. The van der Waals surface area contributed by atoms with Crippen molar-refractivity contribution in [3.63, 3.8) is 0 Å². The number of hydrogen-bond acceptors (Lipinski definition) is 23. The van der Waals surface area contributed by atoms with Crippen molar-refractivity contribution in [3.8, 4) is 68.6 Å². The van der Waals surface area contributed by atoms with Crippen LogP contribution in [0, 0.1) is 60.2 Å². The molecular weight excluding hydrogens is 1410 g/mol. The molecule has 2 aromatic heterocycles. The molecule has 3 saturated carbocycles. The molecule has 0 radical (unpaired) electrons. The van der Waals surface area contributed by atoms with Crippen molar-refractivity contribution in [2.24, 2.45) is 46.3 Å². The second-order valence-electron chi connectivity index (χ2n) is 27.3. The SMILES string of the molecule is Cc1cc(OCCCOc2cc(OS(=O)(=O)O)cc3oc(-c4ccc(C)c(OS(=O)(=O)O)c4)c(OS(=O)(=O)O)c(=O)c23)c2c(=O)c(OS(=O)(=O)O)c(-c3ccc(OS(=O)(=O)O)c(OCCCCCOC4CC[C@@]5(C)C(=CC[C@H]6[C@@H]7CC[C@H]([C@H](C)CCCC(C)C)[C@@]7(C)CC[C@@H]65)C4)c3)oc2c1. The Labute approximate surface area is 580 Å². The summed E-state index contributed by atoms with van der Waals surface area (Å²) in [6, 6.07) is 10.7. The van der Waals surface area contributed by atoms with E-state index in [1.165, 1.54) is 70.1 Å². The lowest BCUT2D eigenvalue weighted by atomic mass is 9.47. The van der Waals surface area contributed by atoms with Crippen molar-refractivity contribution in [1.82, 2.24) is 0 Å². The summed E-state index contributed by atoms with van der Waals surface area (Å²) >= 11 is 0. The van der Waals surface area contributed by atoms with E-state index < -0.39 is 138 Å². The average Bonchev–Trinajstić information content (AvgIpc) is 1.47. The Morgan fingerprint density at radius 1 is 0.530 bits per heavy atom. The molecule has 0 saturated heterocycles. The van der Waals surface area contributed by atoms with Crippen molar-refractivity contribution in [2.75, 3.05) is 26.4 Å². The third-order valence-electron chi connectivity index (χ3n) is 20.0. The maximum atomic E-state index is 14.5. The fourth-order valence-corrected chi connectivity index (χ4v) is 17.5. The number of hydrogen-bond donors (Lipinski definition) is 5. The van der Waals surface area contributed by atoms with Crippen LogP contribution in [0.15, 0.2) is 90.7 Å².